The summed E-state index contributed by atoms with van der Waals surface area (Å²) in [5.41, 5.74) is 1.19. The molecule has 1 saturated heterocycles. The Morgan fingerprint density at radius 3 is 2.72 bits per heavy atom. The highest BCUT2D eigenvalue weighted by Crippen LogP contribution is 2.19. The average Bonchev–Trinajstić information content (AvgIpc) is 2.52. The van der Waals surface area contributed by atoms with E-state index in [1.54, 1.807) is 0 Å². The Hall–Kier alpha value is -1.39. The van der Waals surface area contributed by atoms with Crippen molar-refractivity contribution in [1.29, 1.82) is 0 Å². The SMILES string of the molecule is O=C(O)C1CCCN(Cc2ccccc2)CC1O. The first-order valence-corrected chi connectivity index (χ1v) is 6.34. The molecule has 1 aromatic rings. The molecule has 1 heterocycles. The summed E-state index contributed by atoms with van der Waals surface area (Å²) in [6.45, 7) is 2.05. The van der Waals surface area contributed by atoms with Crippen molar-refractivity contribution in [2.75, 3.05) is 13.1 Å². The number of nitrogens with zero attached hydrogens (tertiary/aromatic N) is 1. The fraction of sp³-hybridized carbons (Fsp3) is 0.500. The van der Waals surface area contributed by atoms with Gasteiger partial charge in [-0.3, -0.25) is 9.69 Å². The quantitative estimate of drug-likeness (QED) is 0.848. The van der Waals surface area contributed by atoms with Gasteiger partial charge < -0.3 is 10.2 Å². The Balaban J connectivity index is 1.97. The number of likely N-dealkylation sites (tertiary alicyclic amines) is 1. The second-order valence-corrected chi connectivity index (χ2v) is 4.88. The molecule has 4 heteroatoms. The van der Waals surface area contributed by atoms with E-state index in [0.717, 1.165) is 19.5 Å². The third-order valence-electron chi connectivity index (χ3n) is 3.47. The molecule has 2 unspecified atom stereocenters. The minimum absolute atomic E-state index is 0.436. The van der Waals surface area contributed by atoms with Crippen LogP contribution in [0.2, 0.25) is 0 Å². The lowest BCUT2D eigenvalue weighted by molar-refractivity contribution is -0.145. The molecule has 0 amide bonds. The van der Waals surface area contributed by atoms with Gasteiger partial charge in [-0.2, -0.15) is 0 Å². The number of β-amino-alcohol motifs (C(OH)–C–C–N with tert-alkyl or cyclic N) is 1. The molecular formula is C14H19NO3. The van der Waals surface area contributed by atoms with Gasteiger partial charge in [-0.25, -0.2) is 0 Å². The predicted molar refractivity (Wildman–Crippen MR) is 68.1 cm³/mol. The molecule has 2 rings (SSSR count). The van der Waals surface area contributed by atoms with Crippen LogP contribution >= 0.6 is 0 Å². The van der Waals surface area contributed by atoms with Gasteiger partial charge in [0.2, 0.25) is 0 Å². The zero-order chi connectivity index (χ0) is 13.0. The summed E-state index contributed by atoms with van der Waals surface area (Å²) < 4.78 is 0. The van der Waals surface area contributed by atoms with Crippen LogP contribution in [-0.2, 0) is 11.3 Å². The molecule has 2 N–H and O–H groups in total. The van der Waals surface area contributed by atoms with E-state index in [1.807, 2.05) is 30.3 Å². The van der Waals surface area contributed by atoms with Crippen molar-refractivity contribution in [2.45, 2.75) is 25.5 Å². The van der Waals surface area contributed by atoms with Crippen LogP contribution in [0.15, 0.2) is 30.3 Å². The summed E-state index contributed by atoms with van der Waals surface area (Å²) in [4.78, 5) is 13.1. The molecular weight excluding hydrogens is 230 g/mol. The van der Waals surface area contributed by atoms with Gasteiger partial charge in [-0.1, -0.05) is 30.3 Å². The number of hydrogen-bond acceptors (Lipinski definition) is 3. The number of carboxylic acid groups (broad SMARTS) is 1. The first-order chi connectivity index (χ1) is 8.66. The van der Waals surface area contributed by atoms with E-state index in [4.69, 9.17) is 5.11 Å². The van der Waals surface area contributed by atoms with Crippen LogP contribution in [-0.4, -0.2) is 40.3 Å². The normalized spacial score (nSPS) is 25.6. The number of aliphatic hydroxyl groups is 1. The average molecular weight is 249 g/mol. The summed E-state index contributed by atoms with van der Waals surface area (Å²) in [6, 6.07) is 10.0. The fourth-order valence-corrected chi connectivity index (χ4v) is 2.48. The summed E-state index contributed by atoms with van der Waals surface area (Å²) in [5, 5.41) is 19.0. The fourth-order valence-electron chi connectivity index (χ4n) is 2.48. The summed E-state index contributed by atoms with van der Waals surface area (Å²) in [5.74, 6) is -1.50. The third kappa shape index (κ3) is 3.31. The third-order valence-corrected chi connectivity index (χ3v) is 3.47. The molecule has 0 bridgehead atoms. The summed E-state index contributed by atoms with van der Waals surface area (Å²) in [7, 11) is 0. The van der Waals surface area contributed by atoms with Gasteiger partial charge in [0, 0.05) is 13.1 Å². The van der Waals surface area contributed by atoms with E-state index in [2.05, 4.69) is 4.90 Å². The lowest BCUT2D eigenvalue weighted by atomic mass is 9.98. The van der Waals surface area contributed by atoms with Gasteiger partial charge in [0.05, 0.1) is 12.0 Å². The zero-order valence-corrected chi connectivity index (χ0v) is 10.3. The maximum absolute atomic E-state index is 11.0. The molecule has 4 nitrogen and oxygen atoms in total. The molecule has 1 fully saturated rings. The van der Waals surface area contributed by atoms with Gasteiger partial charge in [0.1, 0.15) is 0 Å². The van der Waals surface area contributed by atoms with Crippen LogP contribution in [0.5, 0.6) is 0 Å². The van der Waals surface area contributed by atoms with Crippen molar-refractivity contribution in [3.05, 3.63) is 35.9 Å². The molecule has 1 aliphatic heterocycles. The van der Waals surface area contributed by atoms with E-state index < -0.39 is 18.0 Å². The maximum Gasteiger partial charge on any atom is 0.309 e. The molecule has 18 heavy (non-hydrogen) atoms. The van der Waals surface area contributed by atoms with Crippen molar-refractivity contribution >= 4 is 5.97 Å². The van der Waals surface area contributed by atoms with Crippen LogP contribution in [0.4, 0.5) is 0 Å². The van der Waals surface area contributed by atoms with E-state index in [0.29, 0.717) is 13.0 Å². The monoisotopic (exact) mass is 249 g/mol. The molecule has 98 valence electrons. The van der Waals surface area contributed by atoms with Crippen molar-refractivity contribution in [3.63, 3.8) is 0 Å². The van der Waals surface area contributed by atoms with Crippen LogP contribution in [0.25, 0.3) is 0 Å². The van der Waals surface area contributed by atoms with Crippen molar-refractivity contribution in [2.24, 2.45) is 5.92 Å². The molecule has 0 aliphatic carbocycles. The maximum atomic E-state index is 11.0. The Morgan fingerprint density at radius 1 is 1.33 bits per heavy atom. The molecule has 0 spiro atoms. The topological polar surface area (TPSA) is 60.8 Å². The number of carboxylic acids is 1. The lowest BCUT2D eigenvalue weighted by Crippen LogP contribution is -2.36. The standard InChI is InChI=1S/C14H19NO3/c16-13-10-15(8-4-7-12(13)14(17)18)9-11-5-2-1-3-6-11/h1-3,5-6,12-13,16H,4,7-10H2,(H,17,18). The number of aliphatic carboxylic acids is 1. The zero-order valence-electron chi connectivity index (χ0n) is 10.3. The molecule has 1 aliphatic rings. The molecule has 2 atom stereocenters. The minimum atomic E-state index is -0.885. The highest BCUT2D eigenvalue weighted by Gasteiger charge is 2.30. The van der Waals surface area contributed by atoms with E-state index in [-0.39, 0.29) is 0 Å². The van der Waals surface area contributed by atoms with Crippen molar-refractivity contribution < 1.29 is 15.0 Å². The Bertz CT molecular complexity index is 393. The Labute approximate surface area is 107 Å². The second-order valence-electron chi connectivity index (χ2n) is 4.88. The van der Waals surface area contributed by atoms with E-state index in [9.17, 15) is 9.90 Å². The lowest BCUT2D eigenvalue weighted by Gasteiger charge is -2.23. The number of aliphatic hydroxyl groups excluding tert-OH is 1. The Kier molecular flexibility index (Phi) is 4.33. The number of hydrogen-bond donors (Lipinski definition) is 2. The van der Waals surface area contributed by atoms with Gasteiger partial charge >= 0.3 is 5.97 Å². The first kappa shape index (κ1) is 13.1. The molecule has 0 radical (unpaired) electrons. The van der Waals surface area contributed by atoms with Gasteiger partial charge in [-0.05, 0) is 24.9 Å². The number of carbonyl (C=O) groups is 1. The molecule has 1 aromatic carbocycles. The molecule has 0 aromatic heterocycles. The minimum Gasteiger partial charge on any atom is -0.481 e. The van der Waals surface area contributed by atoms with Gasteiger partial charge in [0.25, 0.3) is 0 Å². The molecule has 0 saturated carbocycles. The van der Waals surface area contributed by atoms with Crippen molar-refractivity contribution in [3.8, 4) is 0 Å². The highest BCUT2D eigenvalue weighted by molar-refractivity contribution is 5.70. The smallest absolute Gasteiger partial charge is 0.309 e. The first-order valence-electron chi connectivity index (χ1n) is 6.34. The summed E-state index contributed by atoms with van der Waals surface area (Å²) in [6.07, 6.45) is 0.608. The van der Waals surface area contributed by atoms with Gasteiger partial charge in [0.15, 0.2) is 0 Å². The number of rotatable bonds is 3. The van der Waals surface area contributed by atoms with E-state index >= 15 is 0 Å². The predicted octanol–water partition coefficient (Wildman–Crippen LogP) is 1.34. The van der Waals surface area contributed by atoms with Crippen LogP contribution in [0, 0.1) is 5.92 Å². The van der Waals surface area contributed by atoms with E-state index in [1.165, 1.54) is 5.56 Å². The highest BCUT2D eigenvalue weighted by atomic mass is 16.4. The Morgan fingerprint density at radius 2 is 2.06 bits per heavy atom. The van der Waals surface area contributed by atoms with Crippen molar-refractivity contribution in [1.82, 2.24) is 4.90 Å². The summed E-state index contributed by atoms with van der Waals surface area (Å²) >= 11 is 0. The van der Waals surface area contributed by atoms with Crippen LogP contribution in [0.1, 0.15) is 18.4 Å². The van der Waals surface area contributed by atoms with Crippen LogP contribution < -0.4 is 0 Å². The van der Waals surface area contributed by atoms with Crippen LogP contribution in [0.3, 0.4) is 0 Å². The number of benzene rings is 1. The van der Waals surface area contributed by atoms with Gasteiger partial charge in [-0.15, -0.1) is 0 Å². The second kappa shape index (κ2) is 5.98. The largest absolute Gasteiger partial charge is 0.481 e.